The van der Waals surface area contributed by atoms with Crippen molar-refractivity contribution in [2.75, 3.05) is 9.80 Å². The normalized spacial score (nSPS) is 11.6. The highest BCUT2D eigenvalue weighted by Crippen LogP contribution is 2.50. The Morgan fingerprint density at radius 1 is 0.192 bits per heavy atom. The Morgan fingerprint density at radius 3 is 0.654 bits per heavy atom. The molecule has 0 unspecified atom stereocenters. The fourth-order valence-corrected chi connectivity index (χ4v) is 12.9. The molecule has 0 aliphatic carbocycles. The first kappa shape index (κ1) is 50.1. The van der Waals surface area contributed by atoms with Crippen molar-refractivity contribution in [2.45, 2.75) is 83.1 Å². The van der Waals surface area contributed by atoms with Crippen LogP contribution in [0.3, 0.4) is 0 Å². The summed E-state index contributed by atoms with van der Waals surface area (Å²) in [6.07, 6.45) is 0. The molecule has 78 heavy (non-hydrogen) atoms. The van der Waals surface area contributed by atoms with Crippen molar-refractivity contribution in [3.05, 3.63) is 261 Å². The maximum Gasteiger partial charge on any atom is 0.0540 e. The second kappa shape index (κ2) is 19.7. The Kier molecular flexibility index (Phi) is 12.7. The van der Waals surface area contributed by atoms with Gasteiger partial charge in [-0.25, -0.2) is 0 Å². The molecule has 0 radical (unpaired) electrons. The molecule has 2 nitrogen and oxygen atoms in total. The molecular weight excluding hydrogens is 941 g/mol. The molecule has 0 saturated heterocycles. The first-order valence-electron chi connectivity index (χ1n) is 27.6. The highest BCUT2D eigenvalue weighted by atomic mass is 15.2. The van der Waals surface area contributed by atoms with Gasteiger partial charge in [0.2, 0.25) is 0 Å². The van der Waals surface area contributed by atoms with E-state index in [1.165, 1.54) is 144 Å². The van der Waals surface area contributed by atoms with Crippen molar-refractivity contribution in [3.63, 3.8) is 0 Å². The second-order valence-corrected chi connectivity index (χ2v) is 23.0. The molecule has 0 heterocycles. The van der Waals surface area contributed by atoms with Crippen LogP contribution in [0.15, 0.2) is 194 Å². The zero-order valence-corrected chi connectivity index (χ0v) is 47.4. The van der Waals surface area contributed by atoms with Gasteiger partial charge in [0.05, 0.1) is 11.4 Å². The first-order chi connectivity index (χ1) is 37.5. The van der Waals surface area contributed by atoms with Crippen molar-refractivity contribution >= 4 is 66.4 Å². The van der Waals surface area contributed by atoms with E-state index in [1.54, 1.807) is 0 Å². The number of hydrogen-bond donors (Lipinski definition) is 0. The molecule has 0 bridgehead atoms. The molecule has 0 N–H and O–H groups in total. The summed E-state index contributed by atoms with van der Waals surface area (Å²) in [7, 11) is 0. The third kappa shape index (κ3) is 9.62. The van der Waals surface area contributed by atoms with Crippen LogP contribution >= 0.6 is 0 Å². The van der Waals surface area contributed by atoms with Gasteiger partial charge < -0.3 is 9.80 Å². The van der Waals surface area contributed by atoms with Crippen molar-refractivity contribution in [1.82, 2.24) is 0 Å². The lowest BCUT2D eigenvalue weighted by molar-refractivity contribution is 1.26. The SMILES string of the molecule is Cc1cc(C)cc(-c2cc(-c3cc(C)cc(C)c3)cc(N(c3cc(C)cc(C)c3)c3ccc4ccc5c(N(c6cc(C)cc(C)c6)c6cc(-c7cc(C)cc(C)c7)cc(-c7cc(C)cc(C)c7)c6)ccc6ccc3c4c65)c2)c1. The molecule has 2 heteroatoms. The monoisotopic (exact) mass is 1010 g/mol. The molecule has 12 rings (SSSR count). The van der Waals surface area contributed by atoms with Crippen LogP contribution in [0.25, 0.3) is 76.8 Å². The fraction of sp³-hybridized carbons (Fsp3) is 0.158. The van der Waals surface area contributed by atoms with Crippen LogP contribution in [0, 0.1) is 83.1 Å². The molecule has 0 aliphatic rings. The third-order valence-corrected chi connectivity index (χ3v) is 15.6. The zero-order chi connectivity index (χ0) is 54.3. The van der Waals surface area contributed by atoms with Gasteiger partial charge in [0.25, 0.3) is 0 Å². The van der Waals surface area contributed by atoms with Crippen LogP contribution < -0.4 is 9.80 Å². The average molecular weight is 1010 g/mol. The largest absolute Gasteiger partial charge is 0.310 e. The van der Waals surface area contributed by atoms with E-state index in [1.807, 2.05) is 0 Å². The Labute approximate surface area is 462 Å². The number of nitrogens with zero attached hydrogens (tertiary/aromatic N) is 2. The molecule has 0 atom stereocenters. The Balaban J connectivity index is 1.13. The van der Waals surface area contributed by atoms with E-state index in [0.717, 1.165) is 34.1 Å². The van der Waals surface area contributed by atoms with Crippen LogP contribution in [0.2, 0.25) is 0 Å². The molecule has 12 aromatic rings. The summed E-state index contributed by atoms with van der Waals surface area (Å²) < 4.78 is 0. The van der Waals surface area contributed by atoms with Gasteiger partial charge in [-0.2, -0.15) is 0 Å². The Morgan fingerprint density at radius 2 is 0.397 bits per heavy atom. The van der Waals surface area contributed by atoms with Gasteiger partial charge in [-0.3, -0.25) is 0 Å². The van der Waals surface area contributed by atoms with E-state index in [-0.39, 0.29) is 0 Å². The summed E-state index contributed by atoms with van der Waals surface area (Å²) in [5.74, 6) is 0. The van der Waals surface area contributed by atoms with Gasteiger partial charge in [0.15, 0.2) is 0 Å². The topological polar surface area (TPSA) is 6.48 Å². The van der Waals surface area contributed by atoms with Crippen molar-refractivity contribution in [2.24, 2.45) is 0 Å². The lowest BCUT2D eigenvalue weighted by Gasteiger charge is -2.31. The van der Waals surface area contributed by atoms with Crippen LogP contribution in [0.1, 0.15) is 66.8 Å². The highest BCUT2D eigenvalue weighted by molar-refractivity contribution is 6.28. The number of anilines is 6. The predicted octanol–water partition coefficient (Wildman–Crippen LogP) is 21.9. The first-order valence-corrected chi connectivity index (χ1v) is 27.6. The maximum atomic E-state index is 2.53. The van der Waals surface area contributed by atoms with E-state index in [4.69, 9.17) is 0 Å². The van der Waals surface area contributed by atoms with Crippen LogP contribution in [-0.2, 0) is 0 Å². The van der Waals surface area contributed by atoms with E-state index >= 15 is 0 Å². The summed E-state index contributed by atoms with van der Waals surface area (Å²) in [5, 5.41) is 7.38. The second-order valence-electron chi connectivity index (χ2n) is 23.0. The molecular formula is C76H68N2. The average Bonchev–Trinajstić information content (AvgIpc) is 3.54. The molecule has 0 aromatic heterocycles. The molecule has 0 amide bonds. The van der Waals surface area contributed by atoms with Gasteiger partial charge in [0, 0.05) is 33.5 Å². The number of rotatable bonds is 10. The van der Waals surface area contributed by atoms with E-state index in [0.29, 0.717) is 0 Å². The zero-order valence-electron chi connectivity index (χ0n) is 47.4. The van der Waals surface area contributed by atoms with Gasteiger partial charge in [-0.1, -0.05) is 166 Å². The minimum Gasteiger partial charge on any atom is -0.310 e. The highest BCUT2D eigenvalue weighted by Gasteiger charge is 2.25. The molecule has 0 spiro atoms. The Bertz CT molecular complexity index is 3820. The number of benzene rings is 12. The van der Waals surface area contributed by atoms with Crippen LogP contribution in [-0.4, -0.2) is 0 Å². The van der Waals surface area contributed by atoms with Gasteiger partial charge in [0.1, 0.15) is 0 Å². The van der Waals surface area contributed by atoms with Gasteiger partial charge in [-0.05, 0) is 244 Å². The quantitative estimate of drug-likeness (QED) is 0.126. The van der Waals surface area contributed by atoms with Crippen molar-refractivity contribution in [1.29, 1.82) is 0 Å². The lowest BCUT2D eigenvalue weighted by atomic mass is 9.90. The number of aryl methyl sites for hydroxylation is 12. The summed E-state index contributed by atoms with van der Waals surface area (Å²) >= 11 is 0. The molecule has 12 aromatic carbocycles. The van der Waals surface area contributed by atoms with Crippen LogP contribution in [0.4, 0.5) is 34.1 Å². The standard InChI is InChI=1S/C76H68N2/c1-45-21-46(2)28-59(27-45)63-39-64(60-29-47(3)22-48(4)30-60)42-69(41-63)77(67-35-53(9)25-54(10)36-67)73-19-15-57-14-18-72-74(20-16-58-13-17-71(73)75(57)76(58)72)78(68-37-55(11)26-56(12)38-68)70-43-65(61-31-49(5)23-50(6)32-61)40-66(44-70)62-33-51(7)24-52(8)34-62/h13-44H,1-12H3. The summed E-state index contributed by atoms with van der Waals surface area (Å²) in [6.45, 7) is 26.5. The predicted molar refractivity (Wildman–Crippen MR) is 338 cm³/mol. The molecule has 0 aliphatic heterocycles. The van der Waals surface area contributed by atoms with Crippen molar-refractivity contribution in [3.8, 4) is 44.5 Å². The van der Waals surface area contributed by atoms with Gasteiger partial charge in [-0.15, -0.1) is 0 Å². The summed E-state index contributed by atoms with van der Waals surface area (Å²) in [5.41, 5.74) is 31.4. The molecule has 382 valence electrons. The minimum atomic E-state index is 1.12. The molecule has 0 fully saturated rings. The third-order valence-electron chi connectivity index (χ3n) is 15.6. The van der Waals surface area contributed by atoms with Gasteiger partial charge >= 0.3 is 0 Å². The van der Waals surface area contributed by atoms with E-state index in [9.17, 15) is 0 Å². The lowest BCUT2D eigenvalue weighted by Crippen LogP contribution is -2.12. The smallest absolute Gasteiger partial charge is 0.0540 e. The van der Waals surface area contributed by atoms with Crippen LogP contribution in [0.5, 0.6) is 0 Å². The summed E-state index contributed by atoms with van der Waals surface area (Å²) in [4.78, 5) is 5.06. The van der Waals surface area contributed by atoms with Crippen molar-refractivity contribution < 1.29 is 0 Å². The minimum absolute atomic E-state index is 1.12. The number of hydrogen-bond acceptors (Lipinski definition) is 2. The van der Waals surface area contributed by atoms with E-state index < -0.39 is 0 Å². The Hall–Kier alpha value is -8.72. The fourth-order valence-electron chi connectivity index (χ4n) is 12.9. The maximum absolute atomic E-state index is 2.53. The summed E-state index contributed by atoms with van der Waals surface area (Å²) in [6, 6.07) is 75.0. The van der Waals surface area contributed by atoms with E-state index in [2.05, 4.69) is 287 Å². The molecule has 0 saturated carbocycles.